The molecule has 8 nitrogen and oxygen atoms in total. The smallest absolute Gasteiger partial charge is 0.236 e. The first-order chi connectivity index (χ1) is 14.9. The number of ether oxygens (including phenoxy) is 2. The molecule has 1 heterocycles. The van der Waals surface area contributed by atoms with Crippen LogP contribution in [0.25, 0.3) is 0 Å². The third-order valence-electron chi connectivity index (χ3n) is 5.01. The number of anilines is 1. The quantitative estimate of drug-likeness (QED) is 0.452. The third-order valence-corrected chi connectivity index (χ3v) is 6.78. The lowest BCUT2D eigenvalue weighted by atomic mass is 10.2. The highest BCUT2D eigenvalue weighted by Crippen LogP contribution is 2.30. The second-order valence-electron chi connectivity index (χ2n) is 7.23. The predicted molar refractivity (Wildman–Crippen MR) is 124 cm³/mol. The van der Waals surface area contributed by atoms with Crippen molar-refractivity contribution in [2.24, 2.45) is 4.99 Å². The zero-order chi connectivity index (χ0) is 22.3. The number of fused-ring (bicyclic) bond motifs is 1. The molecule has 0 aliphatic carbocycles. The second-order valence-corrected chi connectivity index (χ2v) is 9.24. The topological polar surface area (TPSA) is 92.3 Å². The Balaban J connectivity index is 1.46. The number of nitrogens with zero attached hydrogens (tertiary/aromatic N) is 2. The number of sulfonamides is 1. The van der Waals surface area contributed by atoms with Crippen LogP contribution in [0.15, 0.2) is 53.5 Å². The molecule has 2 aromatic rings. The van der Waals surface area contributed by atoms with E-state index in [1.807, 2.05) is 55.5 Å². The number of methoxy groups -OCH3 is 1. The highest BCUT2D eigenvalue weighted by Gasteiger charge is 2.28. The van der Waals surface area contributed by atoms with E-state index in [0.717, 1.165) is 17.7 Å². The number of aliphatic imine (C=N–C) groups is 1. The number of para-hydroxylation sites is 3. The summed E-state index contributed by atoms with van der Waals surface area (Å²) in [5.74, 6) is 1.84. The van der Waals surface area contributed by atoms with Crippen LogP contribution in [0, 0.1) is 0 Å². The minimum absolute atomic E-state index is 0.0185. The maximum absolute atomic E-state index is 12.8. The van der Waals surface area contributed by atoms with Crippen LogP contribution in [0.5, 0.6) is 11.5 Å². The standard InChI is InChI=1S/C22H30N4O4S/c1-17(30-21-11-7-6-10-20(21)29-3)16-25-22(23-2)24-13-15-31(27,28)26-14-12-18-8-4-5-9-19(18)26/h4-11,17H,12-16H2,1-3H3,(H2,23,24,25). The van der Waals surface area contributed by atoms with Gasteiger partial charge in [-0.3, -0.25) is 9.30 Å². The van der Waals surface area contributed by atoms with Gasteiger partial charge in [0, 0.05) is 20.1 Å². The third kappa shape index (κ3) is 5.81. The van der Waals surface area contributed by atoms with Crippen molar-refractivity contribution in [3.05, 3.63) is 54.1 Å². The van der Waals surface area contributed by atoms with Crippen LogP contribution in [0.4, 0.5) is 5.69 Å². The molecule has 1 atom stereocenters. The minimum Gasteiger partial charge on any atom is -0.493 e. The van der Waals surface area contributed by atoms with Gasteiger partial charge in [-0.05, 0) is 37.1 Å². The van der Waals surface area contributed by atoms with Crippen LogP contribution >= 0.6 is 0 Å². The van der Waals surface area contributed by atoms with Gasteiger partial charge in [-0.2, -0.15) is 0 Å². The van der Waals surface area contributed by atoms with E-state index in [1.165, 1.54) is 4.31 Å². The first-order valence-electron chi connectivity index (χ1n) is 10.3. The van der Waals surface area contributed by atoms with Gasteiger partial charge in [0.15, 0.2) is 17.5 Å². The molecule has 1 unspecified atom stereocenters. The number of hydrogen-bond donors (Lipinski definition) is 2. The van der Waals surface area contributed by atoms with Gasteiger partial charge in [0.05, 0.1) is 25.1 Å². The first-order valence-corrected chi connectivity index (χ1v) is 11.9. The summed E-state index contributed by atoms with van der Waals surface area (Å²) in [7, 11) is -0.160. The average molecular weight is 447 g/mol. The summed E-state index contributed by atoms with van der Waals surface area (Å²) in [6.45, 7) is 3.17. The Labute approximate surface area is 184 Å². The number of guanidine groups is 1. The van der Waals surface area contributed by atoms with E-state index in [-0.39, 0.29) is 18.4 Å². The zero-order valence-corrected chi connectivity index (χ0v) is 19.0. The fourth-order valence-corrected chi connectivity index (χ4v) is 4.87. The summed E-state index contributed by atoms with van der Waals surface area (Å²) in [5, 5.41) is 6.23. The Bertz CT molecular complexity index is 1010. The lowest BCUT2D eigenvalue weighted by Gasteiger charge is -2.21. The Hall–Kier alpha value is -2.94. The van der Waals surface area contributed by atoms with Gasteiger partial charge in [-0.25, -0.2) is 8.42 Å². The molecule has 3 rings (SSSR count). The van der Waals surface area contributed by atoms with Gasteiger partial charge in [0.2, 0.25) is 10.0 Å². The summed E-state index contributed by atoms with van der Waals surface area (Å²) in [4.78, 5) is 4.16. The molecular formula is C22H30N4O4S. The number of benzene rings is 2. The van der Waals surface area contributed by atoms with Gasteiger partial charge in [0.1, 0.15) is 6.10 Å². The molecule has 0 amide bonds. The monoisotopic (exact) mass is 446 g/mol. The van der Waals surface area contributed by atoms with Crippen LogP contribution in [-0.4, -0.2) is 60.0 Å². The molecule has 168 valence electrons. The van der Waals surface area contributed by atoms with Crippen LogP contribution in [0.2, 0.25) is 0 Å². The van der Waals surface area contributed by atoms with E-state index in [2.05, 4.69) is 15.6 Å². The maximum atomic E-state index is 12.8. The molecule has 1 aliphatic rings. The van der Waals surface area contributed by atoms with E-state index in [4.69, 9.17) is 9.47 Å². The van der Waals surface area contributed by atoms with Gasteiger partial charge >= 0.3 is 0 Å². The van der Waals surface area contributed by atoms with Crippen LogP contribution < -0.4 is 24.4 Å². The lowest BCUT2D eigenvalue weighted by molar-refractivity contribution is 0.213. The molecule has 1 aliphatic heterocycles. The van der Waals surface area contributed by atoms with Crippen molar-refractivity contribution in [1.82, 2.24) is 10.6 Å². The normalized spacial score (nSPS) is 14.7. The maximum Gasteiger partial charge on any atom is 0.236 e. The van der Waals surface area contributed by atoms with Crippen molar-refractivity contribution < 1.29 is 17.9 Å². The van der Waals surface area contributed by atoms with E-state index in [9.17, 15) is 8.42 Å². The Morgan fingerprint density at radius 2 is 1.84 bits per heavy atom. The highest BCUT2D eigenvalue weighted by molar-refractivity contribution is 7.92. The minimum atomic E-state index is -3.41. The number of hydrogen-bond acceptors (Lipinski definition) is 5. The number of rotatable bonds is 9. The van der Waals surface area contributed by atoms with Crippen LogP contribution in [-0.2, 0) is 16.4 Å². The lowest BCUT2D eigenvalue weighted by Crippen LogP contribution is -2.44. The van der Waals surface area contributed by atoms with Crippen molar-refractivity contribution in [3.63, 3.8) is 0 Å². The Morgan fingerprint density at radius 1 is 1.13 bits per heavy atom. The van der Waals surface area contributed by atoms with Crippen molar-refractivity contribution in [1.29, 1.82) is 0 Å². The molecule has 31 heavy (non-hydrogen) atoms. The summed E-state index contributed by atoms with van der Waals surface area (Å²) >= 11 is 0. The van der Waals surface area contributed by atoms with E-state index in [1.54, 1.807) is 14.2 Å². The summed E-state index contributed by atoms with van der Waals surface area (Å²) in [5.41, 5.74) is 1.85. The Kier molecular flexibility index (Phi) is 7.62. The first kappa shape index (κ1) is 22.7. The molecule has 0 saturated heterocycles. The highest BCUT2D eigenvalue weighted by atomic mass is 32.2. The molecule has 9 heteroatoms. The van der Waals surface area contributed by atoms with E-state index in [0.29, 0.717) is 30.5 Å². The van der Waals surface area contributed by atoms with Crippen LogP contribution in [0.3, 0.4) is 0 Å². The fourth-order valence-electron chi connectivity index (χ4n) is 3.44. The molecule has 0 aromatic heterocycles. The average Bonchev–Trinajstić information content (AvgIpc) is 3.21. The van der Waals surface area contributed by atoms with Gasteiger partial charge < -0.3 is 20.1 Å². The predicted octanol–water partition coefficient (Wildman–Crippen LogP) is 2.02. The molecule has 0 radical (unpaired) electrons. The molecule has 2 N–H and O–H groups in total. The summed E-state index contributed by atoms with van der Waals surface area (Å²) in [6.07, 6.45) is 0.593. The van der Waals surface area contributed by atoms with Gasteiger partial charge in [-0.15, -0.1) is 0 Å². The van der Waals surface area contributed by atoms with E-state index < -0.39 is 10.0 Å². The molecule has 0 spiro atoms. The summed E-state index contributed by atoms with van der Waals surface area (Å²) < 4.78 is 38.3. The van der Waals surface area contributed by atoms with E-state index >= 15 is 0 Å². The Morgan fingerprint density at radius 3 is 2.58 bits per heavy atom. The summed E-state index contributed by atoms with van der Waals surface area (Å²) in [6, 6.07) is 15.1. The van der Waals surface area contributed by atoms with Crippen molar-refractivity contribution in [3.8, 4) is 11.5 Å². The van der Waals surface area contributed by atoms with Crippen LogP contribution in [0.1, 0.15) is 12.5 Å². The zero-order valence-electron chi connectivity index (χ0n) is 18.2. The largest absolute Gasteiger partial charge is 0.493 e. The molecule has 0 saturated carbocycles. The van der Waals surface area contributed by atoms with Crippen molar-refractivity contribution in [2.45, 2.75) is 19.4 Å². The number of nitrogens with one attached hydrogen (secondary N) is 2. The molecular weight excluding hydrogens is 416 g/mol. The van der Waals surface area contributed by atoms with Crippen molar-refractivity contribution in [2.75, 3.05) is 43.8 Å². The fraction of sp³-hybridized carbons (Fsp3) is 0.409. The van der Waals surface area contributed by atoms with Gasteiger partial charge in [0.25, 0.3) is 0 Å². The second kappa shape index (κ2) is 10.4. The van der Waals surface area contributed by atoms with Crippen molar-refractivity contribution >= 4 is 21.7 Å². The SMILES string of the molecule is CN=C(NCCS(=O)(=O)N1CCc2ccccc21)NCC(C)Oc1ccccc1OC. The molecule has 0 fully saturated rings. The molecule has 0 bridgehead atoms. The molecule has 2 aromatic carbocycles. The van der Waals surface area contributed by atoms with Gasteiger partial charge in [-0.1, -0.05) is 30.3 Å².